The van der Waals surface area contributed by atoms with E-state index in [1.54, 1.807) is 17.0 Å². The highest BCUT2D eigenvalue weighted by Crippen LogP contribution is 2.21. The molecule has 0 spiro atoms. The van der Waals surface area contributed by atoms with Crippen LogP contribution in [0.25, 0.3) is 0 Å². The number of hydrogen-bond acceptors (Lipinski definition) is 3. The van der Waals surface area contributed by atoms with Crippen LogP contribution < -0.4 is 10.1 Å². The van der Waals surface area contributed by atoms with Crippen LogP contribution in [0.3, 0.4) is 0 Å². The molecule has 2 aromatic rings. The van der Waals surface area contributed by atoms with Crippen molar-refractivity contribution in [3.63, 3.8) is 0 Å². The maximum absolute atomic E-state index is 12.6. The van der Waals surface area contributed by atoms with Crippen LogP contribution in [0.5, 0.6) is 5.75 Å². The summed E-state index contributed by atoms with van der Waals surface area (Å²) in [5.41, 5.74) is 1.06. The normalized spacial score (nSPS) is 15.7. The highest BCUT2D eigenvalue weighted by Gasteiger charge is 2.25. The molecule has 2 amide bonds. The molecule has 3 rings (SSSR count). The Kier molecular flexibility index (Phi) is 7.06. The number of ether oxygens (including phenoxy) is 1. The molecule has 0 aliphatic carbocycles. The summed E-state index contributed by atoms with van der Waals surface area (Å²) in [5.74, 6) is 0.924. The maximum Gasteiger partial charge on any atom is 0.415 e. The average Bonchev–Trinajstić information content (AvgIpc) is 2.74. The van der Waals surface area contributed by atoms with Crippen molar-refractivity contribution in [3.05, 3.63) is 66.2 Å². The highest BCUT2D eigenvalue weighted by molar-refractivity contribution is 5.83. The van der Waals surface area contributed by atoms with Gasteiger partial charge in [0.1, 0.15) is 5.75 Å². The number of likely N-dealkylation sites (tertiary alicyclic amines) is 1. The van der Waals surface area contributed by atoms with E-state index in [-0.39, 0.29) is 17.9 Å². The first-order valence-corrected chi connectivity index (χ1v) is 10.0. The second-order valence-corrected chi connectivity index (χ2v) is 7.23. The number of para-hydroxylation sites is 1. The lowest BCUT2D eigenvalue weighted by Gasteiger charge is -2.31. The van der Waals surface area contributed by atoms with Gasteiger partial charge in [0.05, 0.1) is 5.92 Å². The van der Waals surface area contributed by atoms with E-state index >= 15 is 0 Å². The molecule has 5 nitrogen and oxygen atoms in total. The third-order valence-electron chi connectivity index (χ3n) is 5.31. The lowest BCUT2D eigenvalue weighted by atomic mass is 9.94. The van der Waals surface area contributed by atoms with Crippen LogP contribution in [0.2, 0.25) is 0 Å². The number of carbonyl (C=O) groups is 2. The molecule has 28 heavy (non-hydrogen) atoms. The fourth-order valence-electron chi connectivity index (χ4n) is 3.60. The van der Waals surface area contributed by atoms with E-state index in [4.69, 9.17) is 4.74 Å². The Morgan fingerprint density at radius 3 is 2.25 bits per heavy atom. The monoisotopic (exact) mass is 380 g/mol. The fraction of sp³-hybridized carbons (Fsp3) is 0.391. The van der Waals surface area contributed by atoms with E-state index < -0.39 is 0 Å². The first-order chi connectivity index (χ1) is 13.7. The molecular formula is C23H28N2O3. The molecule has 1 aliphatic heterocycles. The largest absolute Gasteiger partial charge is 0.415 e. The zero-order chi connectivity index (χ0) is 19.8. The summed E-state index contributed by atoms with van der Waals surface area (Å²) in [6, 6.07) is 19.0. The molecule has 1 heterocycles. The number of nitrogens with one attached hydrogen (secondary N) is 1. The Morgan fingerprint density at radius 2 is 1.64 bits per heavy atom. The van der Waals surface area contributed by atoms with Gasteiger partial charge in [-0.1, -0.05) is 55.5 Å². The molecule has 0 aromatic heterocycles. The van der Waals surface area contributed by atoms with Gasteiger partial charge in [0.25, 0.3) is 0 Å². The SMILES string of the molecule is CCC(C(=O)NCC1CCN(C(=O)Oc2ccccc2)CC1)c1ccccc1. The van der Waals surface area contributed by atoms with Gasteiger partial charge < -0.3 is 15.0 Å². The quantitative estimate of drug-likeness (QED) is 0.817. The van der Waals surface area contributed by atoms with Crippen molar-refractivity contribution >= 4 is 12.0 Å². The van der Waals surface area contributed by atoms with Crippen LogP contribution in [-0.2, 0) is 4.79 Å². The van der Waals surface area contributed by atoms with E-state index in [2.05, 4.69) is 5.32 Å². The third kappa shape index (κ3) is 5.35. The zero-order valence-electron chi connectivity index (χ0n) is 16.3. The van der Waals surface area contributed by atoms with Crippen molar-refractivity contribution in [3.8, 4) is 5.75 Å². The van der Waals surface area contributed by atoms with Crippen molar-refractivity contribution in [2.24, 2.45) is 5.92 Å². The summed E-state index contributed by atoms with van der Waals surface area (Å²) in [7, 11) is 0. The van der Waals surface area contributed by atoms with Crippen molar-refractivity contribution in [1.29, 1.82) is 0 Å². The molecule has 2 aromatic carbocycles. The number of piperidine rings is 1. The smallest absolute Gasteiger partial charge is 0.410 e. The zero-order valence-corrected chi connectivity index (χ0v) is 16.3. The fourth-order valence-corrected chi connectivity index (χ4v) is 3.60. The predicted octanol–water partition coefficient (Wildman–Crippen LogP) is 4.21. The Hall–Kier alpha value is -2.82. The third-order valence-corrected chi connectivity index (χ3v) is 5.31. The second kappa shape index (κ2) is 9.93. The average molecular weight is 380 g/mol. The van der Waals surface area contributed by atoms with Gasteiger partial charge in [-0.3, -0.25) is 4.79 Å². The highest BCUT2D eigenvalue weighted by atomic mass is 16.6. The Labute approximate surface area is 166 Å². The standard InChI is InChI=1S/C23H28N2O3/c1-2-21(19-9-5-3-6-10-19)22(26)24-17-18-13-15-25(16-14-18)23(27)28-20-11-7-4-8-12-20/h3-12,18,21H,2,13-17H2,1H3,(H,24,26). The molecule has 0 bridgehead atoms. The van der Waals surface area contributed by atoms with Gasteiger partial charge in [-0.05, 0) is 42.9 Å². The summed E-state index contributed by atoms with van der Waals surface area (Å²) < 4.78 is 5.40. The molecule has 1 fully saturated rings. The van der Waals surface area contributed by atoms with E-state index in [9.17, 15) is 9.59 Å². The molecule has 1 N–H and O–H groups in total. The number of nitrogens with zero attached hydrogens (tertiary/aromatic N) is 1. The molecule has 148 valence electrons. The van der Waals surface area contributed by atoms with Gasteiger partial charge >= 0.3 is 6.09 Å². The van der Waals surface area contributed by atoms with Crippen molar-refractivity contribution < 1.29 is 14.3 Å². The van der Waals surface area contributed by atoms with Crippen molar-refractivity contribution in [2.45, 2.75) is 32.1 Å². The van der Waals surface area contributed by atoms with Gasteiger partial charge in [-0.25, -0.2) is 4.79 Å². The molecular weight excluding hydrogens is 352 g/mol. The molecule has 1 unspecified atom stereocenters. The topological polar surface area (TPSA) is 58.6 Å². The second-order valence-electron chi connectivity index (χ2n) is 7.23. The Morgan fingerprint density at radius 1 is 1.04 bits per heavy atom. The molecule has 1 saturated heterocycles. The number of rotatable bonds is 6. The van der Waals surface area contributed by atoms with Crippen molar-refractivity contribution in [2.75, 3.05) is 19.6 Å². The first-order valence-electron chi connectivity index (χ1n) is 10.0. The number of amides is 2. The summed E-state index contributed by atoms with van der Waals surface area (Å²) in [6.45, 7) is 4.00. The number of carbonyl (C=O) groups excluding carboxylic acids is 2. The molecule has 1 atom stereocenters. The van der Waals surface area contributed by atoms with E-state index in [0.717, 1.165) is 24.8 Å². The van der Waals surface area contributed by atoms with Crippen LogP contribution >= 0.6 is 0 Å². The van der Waals surface area contributed by atoms with Gasteiger partial charge in [0.15, 0.2) is 0 Å². The molecule has 0 radical (unpaired) electrons. The first kappa shape index (κ1) is 19.9. The van der Waals surface area contributed by atoms with Gasteiger partial charge in [-0.15, -0.1) is 0 Å². The number of benzene rings is 2. The lowest BCUT2D eigenvalue weighted by molar-refractivity contribution is -0.122. The minimum Gasteiger partial charge on any atom is -0.410 e. The summed E-state index contributed by atoms with van der Waals surface area (Å²) >= 11 is 0. The van der Waals surface area contributed by atoms with E-state index in [1.165, 1.54) is 0 Å². The van der Waals surface area contributed by atoms with Crippen LogP contribution in [0.15, 0.2) is 60.7 Å². The summed E-state index contributed by atoms with van der Waals surface area (Å²) in [5, 5.41) is 3.11. The molecule has 5 heteroatoms. The Balaban J connectivity index is 1.43. The Bertz CT molecular complexity index is 756. The minimum atomic E-state index is -0.302. The summed E-state index contributed by atoms with van der Waals surface area (Å²) in [6.07, 6.45) is 2.21. The van der Waals surface area contributed by atoms with Crippen LogP contribution in [0.4, 0.5) is 4.79 Å². The van der Waals surface area contributed by atoms with Gasteiger partial charge in [-0.2, -0.15) is 0 Å². The lowest BCUT2D eigenvalue weighted by Crippen LogP contribution is -2.43. The minimum absolute atomic E-state index is 0.0830. The molecule has 0 saturated carbocycles. The van der Waals surface area contributed by atoms with Crippen molar-refractivity contribution in [1.82, 2.24) is 10.2 Å². The van der Waals surface area contributed by atoms with E-state index in [1.807, 2.05) is 55.5 Å². The van der Waals surface area contributed by atoms with Gasteiger partial charge in [0, 0.05) is 19.6 Å². The summed E-state index contributed by atoms with van der Waals surface area (Å²) in [4.78, 5) is 26.6. The number of hydrogen-bond donors (Lipinski definition) is 1. The van der Waals surface area contributed by atoms with Gasteiger partial charge in [0.2, 0.25) is 5.91 Å². The van der Waals surface area contributed by atoms with Crippen LogP contribution in [0, 0.1) is 5.92 Å². The maximum atomic E-state index is 12.6. The van der Waals surface area contributed by atoms with Crippen LogP contribution in [-0.4, -0.2) is 36.5 Å². The van der Waals surface area contributed by atoms with E-state index in [0.29, 0.717) is 31.3 Å². The predicted molar refractivity (Wildman–Crippen MR) is 109 cm³/mol. The molecule has 1 aliphatic rings. The van der Waals surface area contributed by atoms with Crippen LogP contribution in [0.1, 0.15) is 37.7 Å².